The molecule has 2 heterocycles. The van der Waals surface area contributed by atoms with Crippen molar-refractivity contribution in [1.82, 2.24) is 20.4 Å². The zero-order chi connectivity index (χ0) is 19.4. The molecule has 0 atom stereocenters. The van der Waals surface area contributed by atoms with E-state index in [0.29, 0.717) is 16.7 Å². The third-order valence-corrected chi connectivity index (χ3v) is 3.74. The van der Waals surface area contributed by atoms with Crippen LogP contribution in [0.25, 0.3) is 22.4 Å². The minimum absolute atomic E-state index is 0.0609. The summed E-state index contributed by atoms with van der Waals surface area (Å²) in [6, 6.07) is 11.7. The van der Waals surface area contributed by atoms with Crippen molar-refractivity contribution in [3.63, 3.8) is 0 Å². The number of amides is 1. The van der Waals surface area contributed by atoms with Gasteiger partial charge in [-0.05, 0) is 17.7 Å². The van der Waals surface area contributed by atoms with Gasteiger partial charge in [-0.3, -0.25) is 15.2 Å². The Hall–Kier alpha value is -3.33. The molecule has 0 aliphatic heterocycles. The second kappa shape index (κ2) is 7.50. The Morgan fingerprint density at radius 1 is 1.00 bits per heavy atom. The lowest BCUT2D eigenvalue weighted by Gasteiger charge is -2.16. The number of benzene rings is 1. The first-order valence-corrected chi connectivity index (χ1v) is 7.83. The van der Waals surface area contributed by atoms with E-state index in [1.807, 2.05) is 5.43 Å². The fraction of sp³-hybridized carbons (Fsp3) is 0.111. The van der Waals surface area contributed by atoms with Gasteiger partial charge in [-0.25, -0.2) is 15.8 Å². The van der Waals surface area contributed by atoms with Gasteiger partial charge in [-0.15, -0.1) is 0 Å². The minimum atomic E-state index is -4.77. The molecule has 3 rings (SSSR count). The molecule has 0 fully saturated rings. The molecule has 0 radical (unpaired) electrons. The third-order valence-electron chi connectivity index (χ3n) is 3.74. The molecule has 0 bridgehead atoms. The number of alkyl halides is 3. The van der Waals surface area contributed by atoms with Crippen LogP contribution in [0.4, 0.5) is 13.2 Å². The van der Waals surface area contributed by atoms with E-state index in [-0.39, 0.29) is 11.4 Å². The molecule has 0 spiro atoms. The third kappa shape index (κ3) is 4.09. The van der Waals surface area contributed by atoms with Crippen molar-refractivity contribution in [3.05, 3.63) is 66.4 Å². The Kier molecular flexibility index (Phi) is 5.13. The quantitative estimate of drug-likeness (QED) is 0.417. The molecule has 6 nitrogen and oxygen atoms in total. The maximum absolute atomic E-state index is 13.4. The van der Waals surface area contributed by atoms with Gasteiger partial charge in [0, 0.05) is 23.5 Å². The summed E-state index contributed by atoms with van der Waals surface area (Å²) in [4.78, 5) is 23.1. The summed E-state index contributed by atoms with van der Waals surface area (Å²) in [6.07, 6.45) is -2.30. The predicted octanol–water partition coefficient (Wildman–Crippen LogP) is 2.76. The summed E-state index contributed by atoms with van der Waals surface area (Å²) in [6.45, 7) is 0. The number of carbonyl (C=O) groups is 1. The monoisotopic (exact) mass is 373 g/mol. The van der Waals surface area contributed by atoms with Gasteiger partial charge in [-0.1, -0.05) is 30.3 Å². The maximum Gasteiger partial charge on any atom is 0.451 e. The number of pyridine rings is 1. The van der Waals surface area contributed by atoms with E-state index in [2.05, 4.69) is 15.0 Å². The Morgan fingerprint density at radius 2 is 1.67 bits per heavy atom. The van der Waals surface area contributed by atoms with Gasteiger partial charge in [0.1, 0.15) is 0 Å². The van der Waals surface area contributed by atoms with Crippen LogP contribution in [0.2, 0.25) is 0 Å². The topological polar surface area (TPSA) is 93.8 Å². The number of nitrogens with one attached hydrogen (secondary N) is 1. The van der Waals surface area contributed by atoms with E-state index in [4.69, 9.17) is 5.84 Å². The Labute approximate surface area is 152 Å². The molecule has 3 N–H and O–H groups in total. The molecule has 1 amide bonds. The summed E-state index contributed by atoms with van der Waals surface area (Å²) in [5, 5.41) is 0. The number of halogens is 3. The zero-order valence-electron chi connectivity index (χ0n) is 13.9. The zero-order valence-corrected chi connectivity index (χ0v) is 13.9. The molecule has 1 aromatic carbocycles. The first-order chi connectivity index (χ1) is 12.9. The van der Waals surface area contributed by atoms with E-state index >= 15 is 0 Å². The number of rotatable bonds is 4. The van der Waals surface area contributed by atoms with Crippen LogP contribution in [0.5, 0.6) is 0 Å². The standard InChI is InChI=1S/C18H14F3N5O/c19-18(20,21)17-24-13(10-14(27)26-22)15(11-4-2-1-3-5-11)16(25-17)12-6-8-23-9-7-12/h1-9H,10,22H2,(H,26,27). The predicted molar refractivity (Wildman–Crippen MR) is 91.7 cm³/mol. The van der Waals surface area contributed by atoms with Gasteiger partial charge in [0.05, 0.1) is 17.8 Å². The van der Waals surface area contributed by atoms with Crippen molar-refractivity contribution in [3.8, 4) is 22.4 Å². The highest BCUT2D eigenvalue weighted by Gasteiger charge is 2.36. The van der Waals surface area contributed by atoms with Crippen LogP contribution in [-0.4, -0.2) is 20.9 Å². The summed E-state index contributed by atoms with van der Waals surface area (Å²) in [5.74, 6) is 3.12. The highest BCUT2D eigenvalue weighted by atomic mass is 19.4. The SMILES string of the molecule is NNC(=O)Cc1nc(C(F)(F)F)nc(-c2ccncc2)c1-c1ccccc1. The average molecular weight is 373 g/mol. The van der Waals surface area contributed by atoms with Gasteiger partial charge in [0.15, 0.2) is 0 Å². The number of hydrazine groups is 1. The van der Waals surface area contributed by atoms with E-state index in [1.54, 1.807) is 42.5 Å². The number of nitrogens with two attached hydrogens (primary N) is 1. The average Bonchev–Trinajstić information content (AvgIpc) is 2.68. The normalized spacial score (nSPS) is 11.3. The van der Waals surface area contributed by atoms with Gasteiger partial charge in [0.2, 0.25) is 11.7 Å². The smallest absolute Gasteiger partial charge is 0.294 e. The van der Waals surface area contributed by atoms with Crippen molar-refractivity contribution in [2.75, 3.05) is 0 Å². The first-order valence-electron chi connectivity index (χ1n) is 7.83. The molecule has 138 valence electrons. The summed E-state index contributed by atoms with van der Waals surface area (Å²) in [5.41, 5.74) is 3.24. The van der Waals surface area contributed by atoms with Crippen LogP contribution in [-0.2, 0) is 17.4 Å². The Bertz CT molecular complexity index is 946. The van der Waals surface area contributed by atoms with Crippen molar-refractivity contribution < 1.29 is 18.0 Å². The number of carbonyl (C=O) groups excluding carboxylic acids is 1. The van der Waals surface area contributed by atoms with Crippen LogP contribution in [0.15, 0.2) is 54.9 Å². The van der Waals surface area contributed by atoms with Crippen molar-refractivity contribution in [2.24, 2.45) is 5.84 Å². The summed E-state index contributed by atoms with van der Waals surface area (Å²) < 4.78 is 40.1. The number of hydrogen-bond acceptors (Lipinski definition) is 5. The molecule has 0 unspecified atom stereocenters. The second-order valence-electron chi connectivity index (χ2n) is 5.56. The number of nitrogens with zero attached hydrogens (tertiary/aromatic N) is 3. The molecular formula is C18H14F3N5O. The largest absolute Gasteiger partial charge is 0.451 e. The summed E-state index contributed by atoms with van der Waals surface area (Å²) in [7, 11) is 0. The lowest BCUT2D eigenvalue weighted by Crippen LogP contribution is -2.32. The fourth-order valence-electron chi connectivity index (χ4n) is 2.59. The molecule has 2 aromatic heterocycles. The highest BCUT2D eigenvalue weighted by molar-refractivity contribution is 5.86. The number of hydrogen-bond donors (Lipinski definition) is 2. The molecule has 0 saturated heterocycles. The van der Waals surface area contributed by atoms with Crippen molar-refractivity contribution >= 4 is 5.91 Å². The molecular weight excluding hydrogens is 359 g/mol. The summed E-state index contributed by atoms with van der Waals surface area (Å²) >= 11 is 0. The maximum atomic E-state index is 13.4. The van der Waals surface area contributed by atoms with Crippen LogP contribution >= 0.6 is 0 Å². The van der Waals surface area contributed by atoms with Crippen LogP contribution in [0.3, 0.4) is 0 Å². The van der Waals surface area contributed by atoms with Crippen LogP contribution in [0, 0.1) is 0 Å². The molecule has 27 heavy (non-hydrogen) atoms. The fourth-order valence-corrected chi connectivity index (χ4v) is 2.59. The van der Waals surface area contributed by atoms with Crippen molar-refractivity contribution in [2.45, 2.75) is 12.6 Å². The molecule has 0 aliphatic carbocycles. The van der Waals surface area contributed by atoms with E-state index < -0.39 is 24.3 Å². The van der Waals surface area contributed by atoms with Gasteiger partial charge in [0.25, 0.3) is 0 Å². The first kappa shape index (κ1) is 18.5. The van der Waals surface area contributed by atoms with Gasteiger partial charge < -0.3 is 0 Å². The van der Waals surface area contributed by atoms with E-state index in [0.717, 1.165) is 0 Å². The number of aromatic nitrogens is 3. The lowest BCUT2D eigenvalue weighted by atomic mass is 9.96. The highest BCUT2D eigenvalue weighted by Crippen LogP contribution is 2.36. The molecule has 0 aliphatic rings. The second-order valence-corrected chi connectivity index (χ2v) is 5.56. The molecule has 0 saturated carbocycles. The van der Waals surface area contributed by atoms with Crippen molar-refractivity contribution in [1.29, 1.82) is 0 Å². The molecule has 9 heteroatoms. The Morgan fingerprint density at radius 3 is 2.26 bits per heavy atom. The molecule has 3 aromatic rings. The van der Waals surface area contributed by atoms with Crippen LogP contribution in [0.1, 0.15) is 11.5 Å². The van der Waals surface area contributed by atoms with E-state index in [1.165, 1.54) is 12.4 Å². The van der Waals surface area contributed by atoms with Gasteiger partial charge >= 0.3 is 6.18 Å². The lowest BCUT2D eigenvalue weighted by molar-refractivity contribution is -0.145. The van der Waals surface area contributed by atoms with Gasteiger partial charge in [-0.2, -0.15) is 13.2 Å². The van der Waals surface area contributed by atoms with E-state index in [9.17, 15) is 18.0 Å². The minimum Gasteiger partial charge on any atom is -0.294 e. The van der Waals surface area contributed by atoms with Crippen LogP contribution < -0.4 is 11.3 Å². The Balaban J connectivity index is 2.34.